The number of aromatic amines is 1. The summed E-state index contributed by atoms with van der Waals surface area (Å²) >= 11 is 0. The maximum Gasteiger partial charge on any atom is 0.274 e. The van der Waals surface area contributed by atoms with Crippen molar-refractivity contribution in [1.29, 1.82) is 0 Å². The van der Waals surface area contributed by atoms with Crippen LogP contribution in [0.2, 0.25) is 0 Å². The number of hydrogen-bond acceptors (Lipinski definition) is 10. The van der Waals surface area contributed by atoms with Crippen LogP contribution in [0.4, 0.5) is 10.1 Å². The van der Waals surface area contributed by atoms with Crippen molar-refractivity contribution < 1.29 is 23.6 Å². The van der Waals surface area contributed by atoms with Gasteiger partial charge in [0.25, 0.3) is 17.4 Å². The minimum atomic E-state index is -0.610. The molecule has 3 aliphatic heterocycles. The van der Waals surface area contributed by atoms with Crippen molar-refractivity contribution in [2.24, 2.45) is 11.7 Å². The third kappa shape index (κ3) is 10.2. The van der Waals surface area contributed by atoms with Crippen LogP contribution in [0.3, 0.4) is 0 Å². The number of anilines is 1. The Kier molecular flexibility index (Phi) is 13.8. The van der Waals surface area contributed by atoms with E-state index in [1.165, 1.54) is 11.6 Å². The van der Waals surface area contributed by atoms with E-state index in [0.717, 1.165) is 63.1 Å². The van der Waals surface area contributed by atoms with Crippen molar-refractivity contribution in [1.82, 2.24) is 39.7 Å². The second-order valence-corrected chi connectivity index (χ2v) is 16.9. The second kappa shape index (κ2) is 20.0. The van der Waals surface area contributed by atoms with Crippen LogP contribution in [0.5, 0.6) is 0 Å². The van der Waals surface area contributed by atoms with Gasteiger partial charge in [0, 0.05) is 82.5 Å². The molecule has 4 amide bonds. The molecule has 5 heterocycles. The first-order valence-corrected chi connectivity index (χ1v) is 22.2. The second-order valence-electron chi connectivity index (χ2n) is 16.9. The Morgan fingerprint density at radius 2 is 1.47 bits per heavy atom. The van der Waals surface area contributed by atoms with Crippen LogP contribution in [0.1, 0.15) is 57.4 Å². The van der Waals surface area contributed by atoms with E-state index in [1.54, 1.807) is 51.2 Å². The Balaban J connectivity index is 0.774. The third-order valence-electron chi connectivity index (χ3n) is 12.8. The monoisotopic (exact) mass is 870 g/mol. The highest BCUT2D eigenvalue weighted by molar-refractivity contribution is 6.03. The molecule has 0 spiro atoms. The fraction of sp³-hybridized carbons (Fsp3) is 0.396. The highest BCUT2D eigenvalue weighted by Gasteiger charge is 2.31. The lowest BCUT2D eigenvalue weighted by atomic mass is 9.96. The van der Waals surface area contributed by atoms with Gasteiger partial charge in [0.15, 0.2) is 5.69 Å². The molecule has 0 radical (unpaired) electrons. The van der Waals surface area contributed by atoms with Crippen LogP contribution >= 0.6 is 0 Å². The number of hydrogen-bond donors (Lipinski definition) is 3. The number of fused-ring (bicyclic) bond motifs is 1. The van der Waals surface area contributed by atoms with Gasteiger partial charge in [0.2, 0.25) is 11.8 Å². The molecule has 64 heavy (non-hydrogen) atoms. The maximum atomic E-state index is 15.1. The van der Waals surface area contributed by atoms with E-state index in [-0.39, 0.29) is 35.2 Å². The normalized spacial score (nSPS) is 16.6. The minimum Gasteiger partial charge on any atom is -0.338 e. The third-order valence-corrected chi connectivity index (χ3v) is 12.8. The van der Waals surface area contributed by atoms with Gasteiger partial charge < -0.3 is 25.8 Å². The van der Waals surface area contributed by atoms with Gasteiger partial charge in [0.05, 0.1) is 35.4 Å². The van der Waals surface area contributed by atoms with Gasteiger partial charge in [-0.2, -0.15) is 5.10 Å². The van der Waals surface area contributed by atoms with Gasteiger partial charge >= 0.3 is 0 Å². The van der Waals surface area contributed by atoms with Crippen LogP contribution < -0.4 is 16.6 Å². The number of H-pyrrole nitrogens is 1. The number of likely N-dealkylation sites (tertiary alicyclic amines) is 1. The van der Waals surface area contributed by atoms with Crippen molar-refractivity contribution in [3.63, 3.8) is 0 Å². The maximum absolute atomic E-state index is 15.1. The largest absolute Gasteiger partial charge is 0.338 e. The molecule has 0 atom stereocenters. The zero-order chi connectivity index (χ0) is 44.7. The summed E-state index contributed by atoms with van der Waals surface area (Å²) in [6.45, 7) is 8.68. The van der Waals surface area contributed by atoms with Gasteiger partial charge in [-0.05, 0) is 79.2 Å². The van der Waals surface area contributed by atoms with Crippen LogP contribution in [-0.4, -0.2) is 148 Å². The number of piperidine rings is 1. The van der Waals surface area contributed by atoms with Gasteiger partial charge in [-0.25, -0.2) is 14.5 Å². The van der Waals surface area contributed by atoms with E-state index in [2.05, 4.69) is 49.4 Å². The molecule has 4 N–H and O–H groups in total. The molecular formula is C48H55FN10O5. The number of halogens is 1. The quantitative estimate of drug-likeness (QED) is 0.168. The van der Waals surface area contributed by atoms with Crippen molar-refractivity contribution in [2.75, 3.05) is 90.4 Å². The smallest absolute Gasteiger partial charge is 0.274 e. The summed E-state index contributed by atoms with van der Waals surface area (Å²) in [4.78, 5) is 79.7. The van der Waals surface area contributed by atoms with Gasteiger partial charge in [0.1, 0.15) is 5.82 Å². The summed E-state index contributed by atoms with van der Waals surface area (Å²) in [6, 6.07) is 21.5. The average Bonchev–Trinajstić information content (AvgIpc) is 3.33. The number of benzene rings is 3. The Morgan fingerprint density at radius 1 is 0.766 bits per heavy atom. The van der Waals surface area contributed by atoms with Crippen molar-refractivity contribution in [2.45, 2.75) is 32.6 Å². The fourth-order valence-corrected chi connectivity index (χ4v) is 9.00. The van der Waals surface area contributed by atoms with Crippen molar-refractivity contribution >= 4 is 40.1 Å². The standard InChI is InChI=1S/C48H55FN10O5/c1-2-32-6-5-7-35(24-32)36-27-42(52-43(60)28-50)45(51-29-36)48(64)59-18-16-56(17-19-59)30-33-12-14-55(15-13-33)31-44(61)57-20-22-58(23-21-57)47(63)39-25-34(10-11-40(39)49)26-41-37-8-3-4-9-38(37)46(62)54-53-41/h3-11,24-25,27,29,33H,2,12-23,26,28,30-31,50H2,1H3,(H,52,60)(H,54,62). The van der Waals surface area contributed by atoms with E-state index in [9.17, 15) is 24.0 Å². The first-order chi connectivity index (χ1) is 31.1. The van der Waals surface area contributed by atoms with Crippen LogP contribution in [0.15, 0.2) is 83.8 Å². The minimum absolute atomic E-state index is 0.0270. The Bertz CT molecular complexity index is 2580. The number of amides is 4. The summed E-state index contributed by atoms with van der Waals surface area (Å²) in [5, 5.41) is 10.8. The molecule has 16 heteroatoms. The number of nitrogens with one attached hydrogen (secondary N) is 2. The number of rotatable bonds is 12. The molecule has 0 bridgehead atoms. The van der Waals surface area contributed by atoms with E-state index >= 15 is 4.39 Å². The Hall–Kier alpha value is -6.36. The highest BCUT2D eigenvalue weighted by Crippen LogP contribution is 2.27. The number of pyridine rings is 1. The molecule has 3 saturated heterocycles. The summed E-state index contributed by atoms with van der Waals surface area (Å²) in [5.41, 5.74) is 10.1. The first kappa shape index (κ1) is 44.3. The molecule has 0 aliphatic carbocycles. The first-order valence-electron chi connectivity index (χ1n) is 22.2. The van der Waals surface area contributed by atoms with E-state index in [4.69, 9.17) is 5.73 Å². The number of aromatic nitrogens is 3. The number of carbonyl (C=O) groups is 4. The number of aryl methyl sites for hydroxylation is 1. The summed E-state index contributed by atoms with van der Waals surface area (Å²) in [6.07, 6.45) is 4.81. The molecule has 15 nitrogen and oxygen atoms in total. The van der Waals surface area contributed by atoms with Crippen LogP contribution in [-0.2, 0) is 22.4 Å². The molecule has 3 aliphatic rings. The fourth-order valence-electron chi connectivity index (χ4n) is 9.00. The molecule has 2 aromatic heterocycles. The number of nitrogens with two attached hydrogens (primary N) is 1. The lowest BCUT2D eigenvalue weighted by molar-refractivity contribution is -0.134. The van der Waals surface area contributed by atoms with Crippen molar-refractivity contribution in [3.8, 4) is 11.1 Å². The van der Waals surface area contributed by atoms with Crippen LogP contribution in [0.25, 0.3) is 21.9 Å². The molecular weight excluding hydrogens is 816 g/mol. The number of carbonyl (C=O) groups excluding carboxylic acids is 4. The van der Waals surface area contributed by atoms with Crippen LogP contribution in [0, 0.1) is 11.7 Å². The molecule has 334 valence electrons. The van der Waals surface area contributed by atoms with E-state index in [1.807, 2.05) is 24.3 Å². The Morgan fingerprint density at radius 3 is 2.20 bits per heavy atom. The van der Waals surface area contributed by atoms with E-state index < -0.39 is 17.6 Å². The summed E-state index contributed by atoms with van der Waals surface area (Å²) < 4.78 is 15.1. The average molecular weight is 871 g/mol. The van der Waals surface area contributed by atoms with Gasteiger partial charge in [-0.1, -0.05) is 55.5 Å². The molecule has 3 fully saturated rings. The SMILES string of the molecule is CCc1cccc(-c2cnc(C(=O)N3CCN(CC4CCN(CC(=O)N5CCN(C(=O)c6cc(Cc7n[nH]c(=O)c8ccccc78)ccc6F)CC5)CC4)CC3)c(NC(=O)CN)c2)c1. The lowest BCUT2D eigenvalue weighted by Gasteiger charge is -2.39. The summed E-state index contributed by atoms with van der Waals surface area (Å²) in [5.74, 6) is -1.14. The molecule has 0 saturated carbocycles. The zero-order valence-corrected chi connectivity index (χ0v) is 36.2. The lowest BCUT2D eigenvalue weighted by Crippen LogP contribution is -2.53. The zero-order valence-electron chi connectivity index (χ0n) is 36.2. The predicted octanol–water partition coefficient (Wildman–Crippen LogP) is 3.63. The molecule has 0 unspecified atom stereocenters. The molecule has 8 rings (SSSR count). The predicted molar refractivity (Wildman–Crippen MR) is 242 cm³/mol. The molecule has 5 aromatic rings. The topological polar surface area (TPSA) is 181 Å². The van der Waals surface area contributed by atoms with Gasteiger partial charge in [-0.3, -0.25) is 33.8 Å². The van der Waals surface area contributed by atoms with Crippen molar-refractivity contribution in [3.05, 3.63) is 123 Å². The Labute approximate surface area is 371 Å². The summed E-state index contributed by atoms with van der Waals surface area (Å²) in [7, 11) is 0. The van der Waals surface area contributed by atoms with Gasteiger partial charge in [-0.15, -0.1) is 0 Å². The highest BCUT2D eigenvalue weighted by atomic mass is 19.1. The molecule has 3 aromatic carbocycles. The number of nitrogens with zero attached hydrogens (tertiary/aromatic N) is 7. The van der Waals surface area contributed by atoms with E-state index in [0.29, 0.717) is 85.9 Å². The number of piperazine rings is 2.